The molecule has 0 saturated carbocycles. The molecular formula is C15H16N3O3. The van der Waals surface area contributed by atoms with Crippen molar-refractivity contribution < 1.29 is 13.9 Å². The van der Waals surface area contributed by atoms with Crippen LogP contribution in [0.4, 0.5) is 6.01 Å². The Morgan fingerprint density at radius 3 is 2.76 bits per heavy atom. The van der Waals surface area contributed by atoms with E-state index < -0.39 is 5.91 Å². The molecule has 1 radical (unpaired) electrons. The second-order valence-corrected chi connectivity index (χ2v) is 5.91. The number of ether oxygens (including phenoxy) is 1. The second-order valence-electron chi connectivity index (χ2n) is 5.91. The summed E-state index contributed by atoms with van der Waals surface area (Å²) in [4.78, 5) is 18.0. The molecule has 3 heterocycles. The van der Waals surface area contributed by atoms with Crippen molar-refractivity contribution in [2.75, 3.05) is 31.2 Å². The molecule has 1 amide bonds. The molecule has 1 spiro atoms. The summed E-state index contributed by atoms with van der Waals surface area (Å²) in [6, 6.07) is 6.77. The molecule has 2 aliphatic heterocycles. The lowest BCUT2D eigenvalue weighted by molar-refractivity contribution is -0.124. The molecule has 6 heteroatoms. The van der Waals surface area contributed by atoms with Crippen LogP contribution in [0.15, 0.2) is 16.5 Å². The number of carbonyl (C=O) groups is 1. The molecule has 109 valence electrons. The van der Waals surface area contributed by atoms with Gasteiger partial charge in [-0.3, -0.25) is 4.79 Å². The first kappa shape index (κ1) is 12.6. The molecule has 0 aliphatic carbocycles. The molecule has 0 unspecified atom stereocenters. The minimum atomic E-state index is -0.537. The van der Waals surface area contributed by atoms with Crippen LogP contribution in [0.2, 0.25) is 0 Å². The van der Waals surface area contributed by atoms with Gasteiger partial charge in [-0.25, -0.2) is 0 Å². The molecule has 1 aromatic heterocycles. The maximum atomic E-state index is 11.4. The number of aromatic nitrogens is 1. The van der Waals surface area contributed by atoms with Crippen molar-refractivity contribution in [1.82, 2.24) is 4.98 Å². The van der Waals surface area contributed by atoms with E-state index in [2.05, 4.69) is 16.0 Å². The number of hydrogen-bond acceptors (Lipinski definition) is 5. The normalized spacial score (nSPS) is 20.7. The molecule has 4 rings (SSSR count). The molecule has 1 aromatic carbocycles. The standard InChI is InChI=1S/C15H16N3O3/c16-13(19)10-2-1-3-11-12(10)17-14(21-11)18-6-4-15(5-7-18)8-20-9-15/h1,3H,4-9H2,(H2,16,19). The quantitative estimate of drug-likeness (QED) is 0.901. The van der Waals surface area contributed by atoms with Crippen molar-refractivity contribution in [3.63, 3.8) is 0 Å². The summed E-state index contributed by atoms with van der Waals surface area (Å²) in [5, 5.41) is 0. The highest BCUT2D eigenvalue weighted by Crippen LogP contribution is 2.39. The van der Waals surface area contributed by atoms with E-state index in [9.17, 15) is 4.79 Å². The SMILES string of the molecule is NC(=O)c1[c]ccc2oc(N3CCC4(CC3)COC4)nc12. The number of rotatable bonds is 2. The van der Waals surface area contributed by atoms with E-state index in [-0.39, 0.29) is 5.56 Å². The lowest BCUT2D eigenvalue weighted by Crippen LogP contribution is -2.51. The number of fused-ring (bicyclic) bond motifs is 1. The van der Waals surface area contributed by atoms with Gasteiger partial charge in [0.25, 0.3) is 11.9 Å². The van der Waals surface area contributed by atoms with Crippen LogP contribution in [0.5, 0.6) is 0 Å². The van der Waals surface area contributed by atoms with E-state index in [0.717, 1.165) is 39.1 Å². The van der Waals surface area contributed by atoms with Gasteiger partial charge in [-0.1, -0.05) is 0 Å². The number of carbonyl (C=O) groups excluding carboxylic acids is 1. The summed E-state index contributed by atoms with van der Waals surface area (Å²) in [7, 11) is 0. The number of hydrogen-bond donors (Lipinski definition) is 1. The Morgan fingerprint density at radius 1 is 1.38 bits per heavy atom. The van der Waals surface area contributed by atoms with Crippen molar-refractivity contribution >= 4 is 23.0 Å². The van der Waals surface area contributed by atoms with Crippen molar-refractivity contribution in [1.29, 1.82) is 0 Å². The van der Waals surface area contributed by atoms with Gasteiger partial charge in [-0.15, -0.1) is 0 Å². The summed E-state index contributed by atoms with van der Waals surface area (Å²) < 4.78 is 11.1. The van der Waals surface area contributed by atoms with Gasteiger partial charge in [0, 0.05) is 18.5 Å². The van der Waals surface area contributed by atoms with E-state index in [1.807, 2.05) is 0 Å². The van der Waals surface area contributed by atoms with E-state index in [1.165, 1.54) is 0 Å². The Kier molecular flexibility index (Phi) is 2.68. The minimum absolute atomic E-state index is 0.281. The zero-order chi connectivity index (χ0) is 14.4. The first-order valence-electron chi connectivity index (χ1n) is 7.11. The number of anilines is 1. The lowest BCUT2D eigenvalue weighted by Gasteiger charge is -2.46. The van der Waals surface area contributed by atoms with Crippen LogP contribution in [0.3, 0.4) is 0 Å². The monoisotopic (exact) mass is 286 g/mol. The van der Waals surface area contributed by atoms with Gasteiger partial charge in [-0.2, -0.15) is 4.98 Å². The van der Waals surface area contributed by atoms with Crippen LogP contribution in [0.25, 0.3) is 11.1 Å². The molecular weight excluding hydrogens is 270 g/mol. The molecule has 0 bridgehead atoms. The smallest absolute Gasteiger partial charge is 0.298 e. The zero-order valence-electron chi connectivity index (χ0n) is 11.6. The topological polar surface area (TPSA) is 81.6 Å². The number of primary amides is 1. The third kappa shape index (κ3) is 1.98. The number of piperidine rings is 1. The van der Waals surface area contributed by atoms with Crippen LogP contribution in [0.1, 0.15) is 23.2 Å². The second kappa shape index (κ2) is 4.46. The summed E-state index contributed by atoms with van der Waals surface area (Å²) in [6.07, 6.45) is 2.17. The highest BCUT2D eigenvalue weighted by molar-refractivity contribution is 6.03. The van der Waals surface area contributed by atoms with Crippen molar-refractivity contribution in [3.05, 3.63) is 23.8 Å². The summed E-state index contributed by atoms with van der Waals surface area (Å²) >= 11 is 0. The number of amides is 1. The average Bonchev–Trinajstić information content (AvgIpc) is 2.89. The molecule has 21 heavy (non-hydrogen) atoms. The Labute approximate surface area is 121 Å². The fraction of sp³-hybridized carbons (Fsp3) is 0.467. The largest absolute Gasteiger partial charge is 0.423 e. The predicted octanol–water partition coefficient (Wildman–Crippen LogP) is 1.34. The highest BCUT2D eigenvalue weighted by Gasteiger charge is 2.41. The third-order valence-electron chi connectivity index (χ3n) is 4.50. The highest BCUT2D eigenvalue weighted by atomic mass is 16.5. The zero-order valence-corrected chi connectivity index (χ0v) is 11.6. The molecule has 6 nitrogen and oxygen atoms in total. The van der Waals surface area contributed by atoms with E-state index in [4.69, 9.17) is 14.9 Å². The number of benzene rings is 1. The van der Waals surface area contributed by atoms with E-state index in [0.29, 0.717) is 22.5 Å². The minimum Gasteiger partial charge on any atom is -0.423 e. The molecule has 2 aromatic rings. The number of nitrogens with zero attached hydrogens (tertiary/aromatic N) is 2. The van der Waals surface area contributed by atoms with Gasteiger partial charge in [0.1, 0.15) is 5.52 Å². The Hall–Kier alpha value is -2.08. The van der Waals surface area contributed by atoms with E-state index in [1.54, 1.807) is 12.1 Å². The molecule has 2 aliphatic rings. The van der Waals surface area contributed by atoms with Crippen molar-refractivity contribution in [2.24, 2.45) is 11.1 Å². The molecule has 2 N–H and O–H groups in total. The Balaban J connectivity index is 1.62. The summed E-state index contributed by atoms with van der Waals surface area (Å²) in [6.45, 7) is 3.53. The van der Waals surface area contributed by atoms with Gasteiger partial charge >= 0.3 is 0 Å². The first-order valence-corrected chi connectivity index (χ1v) is 7.11. The van der Waals surface area contributed by atoms with Crippen LogP contribution in [-0.4, -0.2) is 37.2 Å². The van der Waals surface area contributed by atoms with Crippen LogP contribution in [0, 0.1) is 11.5 Å². The van der Waals surface area contributed by atoms with Gasteiger partial charge < -0.3 is 19.8 Å². The van der Waals surface area contributed by atoms with Gasteiger partial charge in [-0.05, 0) is 31.0 Å². The maximum absolute atomic E-state index is 11.4. The average molecular weight is 286 g/mol. The number of nitrogens with two attached hydrogens (primary N) is 1. The van der Waals surface area contributed by atoms with Gasteiger partial charge in [0.05, 0.1) is 18.8 Å². The summed E-state index contributed by atoms with van der Waals surface area (Å²) in [5.41, 5.74) is 7.07. The maximum Gasteiger partial charge on any atom is 0.298 e. The van der Waals surface area contributed by atoms with Gasteiger partial charge in [0.15, 0.2) is 5.58 Å². The lowest BCUT2D eigenvalue weighted by atomic mass is 9.77. The number of oxazole rings is 1. The van der Waals surface area contributed by atoms with E-state index >= 15 is 0 Å². The van der Waals surface area contributed by atoms with Gasteiger partial charge in [0.2, 0.25) is 0 Å². The molecule has 2 fully saturated rings. The van der Waals surface area contributed by atoms with Crippen molar-refractivity contribution in [3.8, 4) is 0 Å². The van der Waals surface area contributed by atoms with Crippen LogP contribution < -0.4 is 10.6 Å². The van der Waals surface area contributed by atoms with Crippen molar-refractivity contribution in [2.45, 2.75) is 12.8 Å². The predicted molar refractivity (Wildman–Crippen MR) is 76.1 cm³/mol. The fourth-order valence-electron chi connectivity index (χ4n) is 3.06. The van der Waals surface area contributed by atoms with Crippen LogP contribution >= 0.6 is 0 Å². The first-order chi connectivity index (χ1) is 10.2. The van der Waals surface area contributed by atoms with Crippen LogP contribution in [-0.2, 0) is 4.74 Å². The third-order valence-corrected chi connectivity index (χ3v) is 4.50. The molecule has 0 atom stereocenters. The molecule has 2 saturated heterocycles. The fourth-order valence-corrected chi connectivity index (χ4v) is 3.06. The Bertz CT molecular complexity index is 695. The Morgan fingerprint density at radius 2 is 2.14 bits per heavy atom. The summed E-state index contributed by atoms with van der Waals surface area (Å²) in [5.74, 6) is -0.537.